The number of allylic oxidation sites excluding steroid dienone is 5. The number of hydrogen-bond acceptors (Lipinski definition) is 5. The maximum absolute atomic E-state index is 10.1. The van der Waals surface area contributed by atoms with Crippen LogP contribution in [0.2, 0.25) is 0 Å². The van der Waals surface area contributed by atoms with Gasteiger partial charge in [-0.25, -0.2) is 0 Å². The summed E-state index contributed by atoms with van der Waals surface area (Å²) in [6.07, 6.45) is 14.8. The Hall–Kier alpha value is -2.69. The lowest BCUT2D eigenvalue weighted by Crippen LogP contribution is -2.27. The van der Waals surface area contributed by atoms with Crippen molar-refractivity contribution in [3.63, 3.8) is 0 Å². The van der Waals surface area contributed by atoms with E-state index in [-0.39, 0.29) is 5.76 Å². The molecule has 0 aromatic rings. The van der Waals surface area contributed by atoms with Gasteiger partial charge < -0.3 is 20.5 Å². The van der Waals surface area contributed by atoms with Crippen molar-refractivity contribution in [2.24, 2.45) is 4.99 Å². The minimum atomic E-state index is 0.144. The van der Waals surface area contributed by atoms with E-state index < -0.39 is 0 Å². The normalized spacial score (nSPS) is 21.1. The van der Waals surface area contributed by atoms with Crippen molar-refractivity contribution in [1.29, 1.82) is 0 Å². The Morgan fingerprint density at radius 3 is 2.96 bits per heavy atom. The number of dihydropyridines is 1. The molecule has 0 fully saturated rings. The van der Waals surface area contributed by atoms with Crippen LogP contribution in [0.5, 0.6) is 0 Å². The molecule has 0 aromatic heterocycles. The van der Waals surface area contributed by atoms with Gasteiger partial charge in [0.05, 0.1) is 25.1 Å². The molecule has 0 bridgehead atoms. The predicted molar refractivity (Wildman–Crippen MR) is 98.6 cm³/mol. The largest absolute Gasteiger partial charge is 0.503 e. The quantitative estimate of drug-likeness (QED) is 0.701. The van der Waals surface area contributed by atoms with Crippen LogP contribution in [0.4, 0.5) is 0 Å². The molecule has 0 atom stereocenters. The van der Waals surface area contributed by atoms with Crippen molar-refractivity contribution in [2.45, 2.75) is 20.3 Å². The number of rotatable bonds is 6. The second-order valence-electron chi connectivity index (χ2n) is 5.39. The Kier molecular flexibility index (Phi) is 6.49. The zero-order valence-corrected chi connectivity index (χ0v) is 14.5. The van der Waals surface area contributed by atoms with Gasteiger partial charge in [0.15, 0.2) is 11.5 Å². The van der Waals surface area contributed by atoms with Crippen LogP contribution in [0.25, 0.3) is 0 Å². The van der Waals surface area contributed by atoms with Crippen LogP contribution in [0.3, 0.4) is 0 Å². The molecule has 0 saturated heterocycles. The summed E-state index contributed by atoms with van der Waals surface area (Å²) in [5.74, 6) is 0.669. The maximum atomic E-state index is 10.1. The van der Waals surface area contributed by atoms with Gasteiger partial charge in [-0.05, 0) is 30.6 Å². The summed E-state index contributed by atoms with van der Waals surface area (Å²) in [6.45, 7) is 5.13. The van der Waals surface area contributed by atoms with Crippen LogP contribution >= 0.6 is 0 Å². The van der Waals surface area contributed by atoms with E-state index in [2.05, 4.69) is 46.9 Å². The third kappa shape index (κ3) is 4.41. The number of ether oxygens (including phenoxy) is 1. The zero-order chi connectivity index (χ0) is 17.4. The Balaban J connectivity index is 2.10. The van der Waals surface area contributed by atoms with E-state index >= 15 is 0 Å². The van der Waals surface area contributed by atoms with Gasteiger partial charge >= 0.3 is 0 Å². The standard InChI is InChI=1S/C19H25N3O2/c1-4-6-15-8-7-14(10-16(15)21-9-5-2)11-22-17-12-20-13-18(24-3)19(17)23/h5-10,12,20,22-23H,4,11,13H2,1-3H3/b9-5-,15-6+,21-16+. The van der Waals surface area contributed by atoms with Gasteiger partial charge in [-0.1, -0.05) is 31.2 Å². The summed E-state index contributed by atoms with van der Waals surface area (Å²) in [6, 6.07) is 0. The summed E-state index contributed by atoms with van der Waals surface area (Å²) in [7, 11) is 1.55. The van der Waals surface area contributed by atoms with E-state index in [1.807, 2.05) is 13.0 Å². The summed E-state index contributed by atoms with van der Waals surface area (Å²) in [5, 5.41) is 16.4. The number of aliphatic hydroxyl groups is 1. The molecule has 5 nitrogen and oxygen atoms in total. The molecule has 24 heavy (non-hydrogen) atoms. The van der Waals surface area contributed by atoms with Crippen LogP contribution in [-0.4, -0.2) is 31.0 Å². The lowest BCUT2D eigenvalue weighted by atomic mass is 9.99. The molecule has 2 rings (SSSR count). The van der Waals surface area contributed by atoms with Crippen molar-refractivity contribution in [3.05, 3.63) is 71.1 Å². The smallest absolute Gasteiger partial charge is 0.180 e. The molecule has 0 unspecified atom stereocenters. The summed E-state index contributed by atoms with van der Waals surface area (Å²) in [5.41, 5.74) is 3.78. The van der Waals surface area contributed by atoms with Crippen LogP contribution < -0.4 is 10.6 Å². The molecule has 3 N–H and O–H groups in total. The van der Waals surface area contributed by atoms with Crippen molar-refractivity contribution in [3.8, 4) is 0 Å². The Bertz CT molecular complexity index is 677. The third-order valence-electron chi connectivity index (χ3n) is 3.64. The highest BCUT2D eigenvalue weighted by Gasteiger charge is 2.16. The maximum Gasteiger partial charge on any atom is 0.180 e. The Morgan fingerprint density at radius 2 is 2.25 bits per heavy atom. The average molecular weight is 327 g/mol. The summed E-state index contributed by atoms with van der Waals surface area (Å²) >= 11 is 0. The summed E-state index contributed by atoms with van der Waals surface area (Å²) < 4.78 is 5.15. The van der Waals surface area contributed by atoms with Gasteiger partial charge in [0, 0.05) is 18.9 Å². The first kappa shape index (κ1) is 17.7. The fourth-order valence-electron chi connectivity index (χ4n) is 2.41. The van der Waals surface area contributed by atoms with Gasteiger partial charge in [0.2, 0.25) is 0 Å². The minimum Gasteiger partial charge on any atom is -0.503 e. The highest BCUT2D eigenvalue weighted by molar-refractivity contribution is 6.12. The fraction of sp³-hybridized carbons (Fsp3) is 0.316. The molecule has 2 aliphatic rings. The molecule has 0 aromatic carbocycles. The molecule has 0 amide bonds. The van der Waals surface area contributed by atoms with Crippen molar-refractivity contribution in [2.75, 3.05) is 20.2 Å². The first-order chi connectivity index (χ1) is 11.7. The van der Waals surface area contributed by atoms with Gasteiger partial charge in [0.25, 0.3) is 0 Å². The monoisotopic (exact) mass is 327 g/mol. The molecule has 1 aliphatic heterocycles. The lowest BCUT2D eigenvalue weighted by molar-refractivity contribution is 0.244. The van der Waals surface area contributed by atoms with E-state index in [0.717, 1.165) is 23.3 Å². The Labute approximate surface area is 143 Å². The number of methoxy groups -OCH3 is 1. The van der Waals surface area contributed by atoms with Gasteiger partial charge in [-0.3, -0.25) is 4.99 Å². The molecule has 128 valence electrons. The fourth-order valence-corrected chi connectivity index (χ4v) is 2.41. The molecule has 5 heteroatoms. The number of aliphatic imine (C=N–C) groups is 1. The summed E-state index contributed by atoms with van der Waals surface area (Å²) in [4.78, 5) is 4.49. The highest BCUT2D eigenvalue weighted by Crippen LogP contribution is 2.17. The van der Waals surface area contributed by atoms with Crippen LogP contribution in [0, 0.1) is 0 Å². The second kappa shape index (κ2) is 8.82. The van der Waals surface area contributed by atoms with Crippen LogP contribution in [-0.2, 0) is 4.74 Å². The van der Waals surface area contributed by atoms with E-state index in [4.69, 9.17) is 4.74 Å². The lowest BCUT2D eigenvalue weighted by Gasteiger charge is -2.20. The number of aliphatic hydroxyl groups excluding tert-OH is 1. The van der Waals surface area contributed by atoms with E-state index in [1.165, 1.54) is 0 Å². The van der Waals surface area contributed by atoms with E-state index in [9.17, 15) is 5.11 Å². The van der Waals surface area contributed by atoms with Crippen molar-refractivity contribution < 1.29 is 9.84 Å². The van der Waals surface area contributed by atoms with Gasteiger partial charge in [0.1, 0.15) is 0 Å². The number of hydrogen-bond donors (Lipinski definition) is 3. The van der Waals surface area contributed by atoms with Crippen molar-refractivity contribution in [1.82, 2.24) is 10.6 Å². The SMILES string of the molecule is C\C=C/N=C1\C=C(CNC2=CNCC(OC)=C2O)C=C\C1=C/CC. The van der Waals surface area contributed by atoms with Crippen LogP contribution in [0.15, 0.2) is 76.1 Å². The average Bonchev–Trinajstić information content (AvgIpc) is 2.60. The molecular weight excluding hydrogens is 302 g/mol. The first-order valence-corrected chi connectivity index (χ1v) is 8.11. The van der Waals surface area contributed by atoms with Crippen LogP contribution in [0.1, 0.15) is 20.3 Å². The number of nitrogens with zero attached hydrogens (tertiary/aromatic N) is 1. The molecule has 0 spiro atoms. The Morgan fingerprint density at radius 1 is 1.42 bits per heavy atom. The molecule has 0 radical (unpaired) electrons. The molecule has 1 aliphatic carbocycles. The minimum absolute atomic E-state index is 0.144. The van der Waals surface area contributed by atoms with E-state index in [0.29, 0.717) is 24.5 Å². The third-order valence-corrected chi connectivity index (χ3v) is 3.64. The topological polar surface area (TPSA) is 65.9 Å². The van der Waals surface area contributed by atoms with Gasteiger partial charge in [-0.15, -0.1) is 0 Å². The molecule has 0 saturated carbocycles. The second-order valence-corrected chi connectivity index (χ2v) is 5.39. The molecular formula is C19H25N3O2. The van der Waals surface area contributed by atoms with E-state index in [1.54, 1.807) is 19.5 Å². The first-order valence-electron chi connectivity index (χ1n) is 8.11. The highest BCUT2D eigenvalue weighted by atomic mass is 16.5. The van der Waals surface area contributed by atoms with Gasteiger partial charge in [-0.2, -0.15) is 0 Å². The molecule has 1 heterocycles. The van der Waals surface area contributed by atoms with Crippen molar-refractivity contribution >= 4 is 5.71 Å². The number of nitrogens with one attached hydrogen (secondary N) is 2. The predicted octanol–water partition coefficient (Wildman–Crippen LogP) is 3.24. The zero-order valence-electron chi connectivity index (χ0n) is 14.5.